The molecular formula is C32H42F2N6O3S. The minimum Gasteiger partial charge on any atom is -0.365 e. The Balaban J connectivity index is 1.39. The molecule has 44 heavy (non-hydrogen) atoms. The van der Waals surface area contributed by atoms with Crippen LogP contribution >= 0.6 is 0 Å². The number of fused-ring (bicyclic) bond motifs is 9. The zero-order valence-corrected chi connectivity index (χ0v) is 26.2. The van der Waals surface area contributed by atoms with Crippen molar-refractivity contribution >= 4 is 32.4 Å². The number of alkyl halides is 2. The van der Waals surface area contributed by atoms with E-state index in [-0.39, 0.29) is 41.8 Å². The zero-order chi connectivity index (χ0) is 30.9. The van der Waals surface area contributed by atoms with Gasteiger partial charge in [0.1, 0.15) is 23.5 Å². The highest BCUT2D eigenvalue weighted by Crippen LogP contribution is 2.42. The van der Waals surface area contributed by atoms with Gasteiger partial charge in [0.25, 0.3) is 11.5 Å². The molecule has 8 bridgehead atoms. The molecular weight excluding hydrogens is 586 g/mol. The first-order chi connectivity index (χ1) is 21.1. The Bertz CT molecular complexity index is 1640. The molecule has 7 rings (SSSR count). The highest BCUT2D eigenvalue weighted by Gasteiger charge is 2.42. The van der Waals surface area contributed by atoms with E-state index in [4.69, 9.17) is 0 Å². The van der Waals surface area contributed by atoms with Crippen molar-refractivity contribution in [2.75, 3.05) is 54.4 Å². The Labute approximate surface area is 257 Å². The summed E-state index contributed by atoms with van der Waals surface area (Å²) in [6, 6.07) is 8.07. The predicted molar refractivity (Wildman–Crippen MR) is 169 cm³/mol. The maximum absolute atomic E-state index is 15.8. The Morgan fingerprint density at radius 3 is 2.36 bits per heavy atom. The average Bonchev–Trinajstić information content (AvgIpc) is 3.01. The molecule has 2 saturated heterocycles. The summed E-state index contributed by atoms with van der Waals surface area (Å²) in [4.78, 5) is 27.1. The van der Waals surface area contributed by atoms with Gasteiger partial charge in [-0.3, -0.25) is 9.36 Å². The number of pyridine rings is 1. The summed E-state index contributed by atoms with van der Waals surface area (Å²) < 4.78 is 57.6. The molecule has 0 saturated carbocycles. The topological polar surface area (TPSA) is 100 Å². The van der Waals surface area contributed by atoms with Crippen LogP contribution in [0.1, 0.15) is 69.0 Å². The van der Waals surface area contributed by atoms with Crippen molar-refractivity contribution in [1.29, 1.82) is 0 Å². The molecule has 2 aromatic heterocycles. The van der Waals surface area contributed by atoms with Crippen LogP contribution in [0.15, 0.2) is 41.5 Å². The Hall–Kier alpha value is -3.12. The third-order valence-corrected chi connectivity index (χ3v) is 11.2. The van der Waals surface area contributed by atoms with Crippen LogP contribution in [0.5, 0.6) is 0 Å². The molecule has 238 valence electrons. The summed E-state index contributed by atoms with van der Waals surface area (Å²) in [5.74, 6) is -3.11. The van der Waals surface area contributed by atoms with E-state index in [0.717, 1.165) is 38.6 Å². The second-order valence-corrected chi connectivity index (χ2v) is 14.9. The molecule has 12 heteroatoms. The first-order valence-corrected chi connectivity index (χ1v) is 17.8. The standard InChI is InChI=1S/C32H42F2N6O3S/c1-23-24-8-7-9-26(20-24)32(33,34)25-10-14-38(15-11-25)12-5-3-2-4-6-13-40-30-27(29(37-23)35-22-36-30)21-28(31(40)41)39-16-18-44(42,43)19-17-39/h7-9,20-23,25H,2-6,10-19H2,1H3,(H,35,36,37)/t23-/m1/s1. The lowest BCUT2D eigenvalue weighted by molar-refractivity contribution is -0.0855. The molecule has 9 nitrogen and oxygen atoms in total. The molecule has 0 unspecified atom stereocenters. The minimum atomic E-state index is -3.13. The maximum Gasteiger partial charge on any atom is 0.276 e. The van der Waals surface area contributed by atoms with E-state index < -0.39 is 21.7 Å². The van der Waals surface area contributed by atoms with Crippen molar-refractivity contribution in [1.82, 2.24) is 19.4 Å². The summed E-state index contributed by atoms with van der Waals surface area (Å²) in [6.45, 7) is 5.21. The molecule has 0 amide bonds. The summed E-state index contributed by atoms with van der Waals surface area (Å²) in [7, 11) is -3.13. The molecule has 0 radical (unpaired) electrons. The van der Waals surface area contributed by atoms with Crippen molar-refractivity contribution < 1.29 is 17.2 Å². The molecule has 6 heterocycles. The quantitative estimate of drug-likeness (QED) is 0.404. The summed E-state index contributed by atoms with van der Waals surface area (Å²) >= 11 is 0. The maximum atomic E-state index is 15.8. The summed E-state index contributed by atoms with van der Waals surface area (Å²) in [5.41, 5.74) is 1.50. The molecule has 1 N–H and O–H groups in total. The van der Waals surface area contributed by atoms with E-state index in [2.05, 4.69) is 20.2 Å². The van der Waals surface area contributed by atoms with Crippen LogP contribution < -0.4 is 15.8 Å². The van der Waals surface area contributed by atoms with Gasteiger partial charge in [-0.25, -0.2) is 27.2 Å². The number of nitrogens with zero attached hydrogens (tertiary/aromatic N) is 5. The first-order valence-electron chi connectivity index (χ1n) is 15.9. The fourth-order valence-electron chi connectivity index (χ4n) is 6.86. The highest BCUT2D eigenvalue weighted by atomic mass is 32.2. The second kappa shape index (κ2) is 12.7. The molecule has 4 aliphatic heterocycles. The third kappa shape index (κ3) is 6.47. The van der Waals surface area contributed by atoms with E-state index in [9.17, 15) is 13.2 Å². The lowest BCUT2D eigenvalue weighted by Gasteiger charge is -2.36. The third-order valence-electron chi connectivity index (χ3n) is 9.63. The number of aryl methyl sites for hydroxylation is 1. The summed E-state index contributed by atoms with van der Waals surface area (Å²) in [6.07, 6.45) is 7.26. The lowest BCUT2D eigenvalue weighted by atomic mass is 9.85. The van der Waals surface area contributed by atoms with Gasteiger partial charge in [0.15, 0.2) is 9.84 Å². The smallest absolute Gasteiger partial charge is 0.276 e. The van der Waals surface area contributed by atoms with Crippen LogP contribution in [0.4, 0.5) is 20.3 Å². The van der Waals surface area contributed by atoms with Crippen molar-refractivity contribution in [3.05, 3.63) is 58.1 Å². The normalized spacial score (nSPS) is 26.2. The van der Waals surface area contributed by atoms with E-state index >= 15 is 8.78 Å². The molecule has 0 spiro atoms. The average molecular weight is 629 g/mol. The molecule has 2 fully saturated rings. The van der Waals surface area contributed by atoms with Gasteiger partial charge in [-0.05, 0) is 69.9 Å². The molecule has 4 aliphatic rings. The van der Waals surface area contributed by atoms with Crippen LogP contribution in [0, 0.1) is 5.92 Å². The van der Waals surface area contributed by atoms with Crippen LogP contribution in [0.3, 0.4) is 0 Å². The monoisotopic (exact) mass is 628 g/mol. The number of halogens is 2. The predicted octanol–water partition coefficient (Wildman–Crippen LogP) is 4.97. The highest BCUT2D eigenvalue weighted by molar-refractivity contribution is 7.91. The fourth-order valence-corrected chi connectivity index (χ4v) is 8.07. The van der Waals surface area contributed by atoms with E-state index in [1.165, 1.54) is 12.4 Å². The summed E-state index contributed by atoms with van der Waals surface area (Å²) in [5, 5.41) is 4.05. The van der Waals surface area contributed by atoms with Crippen molar-refractivity contribution in [2.45, 2.75) is 70.4 Å². The minimum absolute atomic E-state index is 0.00281. The van der Waals surface area contributed by atoms with Gasteiger partial charge in [-0.2, -0.15) is 0 Å². The van der Waals surface area contributed by atoms with Crippen LogP contribution in [0.2, 0.25) is 0 Å². The Kier molecular flexibility index (Phi) is 8.92. The van der Waals surface area contributed by atoms with E-state index in [0.29, 0.717) is 60.6 Å². The fraction of sp³-hybridized carbons (Fsp3) is 0.594. The number of hydrogen-bond donors (Lipinski definition) is 1. The number of sulfone groups is 1. The number of hydrogen-bond acceptors (Lipinski definition) is 8. The van der Waals surface area contributed by atoms with Crippen molar-refractivity contribution in [3.8, 4) is 0 Å². The second-order valence-electron chi connectivity index (χ2n) is 12.6. The van der Waals surface area contributed by atoms with Gasteiger partial charge in [0.2, 0.25) is 0 Å². The number of nitrogens with one attached hydrogen (secondary N) is 1. The largest absolute Gasteiger partial charge is 0.365 e. The molecule has 3 aromatic rings. The number of rotatable bonds is 1. The van der Waals surface area contributed by atoms with Crippen molar-refractivity contribution in [2.24, 2.45) is 5.92 Å². The molecule has 0 aliphatic carbocycles. The number of anilines is 2. The van der Waals surface area contributed by atoms with Gasteiger partial charge >= 0.3 is 0 Å². The number of aromatic nitrogens is 3. The number of piperidine rings is 1. The van der Waals surface area contributed by atoms with Crippen LogP contribution in [-0.4, -0.2) is 72.1 Å². The van der Waals surface area contributed by atoms with Gasteiger partial charge in [0.05, 0.1) is 16.9 Å². The van der Waals surface area contributed by atoms with Crippen molar-refractivity contribution in [3.63, 3.8) is 0 Å². The SMILES string of the molecule is C[C@H]1Nc2ncnc3c2cc(N2CCS(=O)(=O)CC2)c(=O)n3CCCCCCCN2CCC(CC2)C(F)(F)c2cccc1c2. The number of benzene rings is 1. The van der Waals surface area contributed by atoms with Gasteiger partial charge < -0.3 is 15.1 Å². The first kappa shape index (κ1) is 30.9. The van der Waals surface area contributed by atoms with Gasteiger partial charge in [-0.15, -0.1) is 0 Å². The zero-order valence-electron chi connectivity index (χ0n) is 25.4. The molecule has 1 aromatic carbocycles. The Morgan fingerprint density at radius 1 is 0.909 bits per heavy atom. The lowest BCUT2D eigenvalue weighted by Crippen LogP contribution is -2.43. The molecule has 1 atom stereocenters. The van der Waals surface area contributed by atoms with Crippen LogP contribution in [-0.2, 0) is 22.3 Å². The van der Waals surface area contributed by atoms with Crippen LogP contribution in [0.25, 0.3) is 11.0 Å². The van der Waals surface area contributed by atoms with E-state index in [1.807, 2.05) is 17.9 Å². The van der Waals surface area contributed by atoms with Gasteiger partial charge in [-0.1, -0.05) is 37.5 Å². The van der Waals surface area contributed by atoms with Gasteiger partial charge in [0, 0.05) is 37.2 Å². The Morgan fingerprint density at radius 2 is 1.61 bits per heavy atom. The van der Waals surface area contributed by atoms with E-state index in [1.54, 1.807) is 22.8 Å².